The summed E-state index contributed by atoms with van der Waals surface area (Å²) in [5, 5.41) is 9.43. The molecule has 0 atom stereocenters. The van der Waals surface area contributed by atoms with Crippen molar-refractivity contribution in [3.05, 3.63) is 64.1 Å². The molecule has 116 valence electrons. The predicted octanol–water partition coefficient (Wildman–Crippen LogP) is 4.35. The molecule has 0 aromatic heterocycles. The van der Waals surface area contributed by atoms with E-state index in [1.54, 1.807) is 0 Å². The van der Waals surface area contributed by atoms with Gasteiger partial charge in [-0.2, -0.15) is 5.26 Å². The number of hydrogen-bond donors (Lipinski definition) is 0. The van der Waals surface area contributed by atoms with E-state index in [9.17, 15) is 5.26 Å². The Bertz CT molecular complexity index is 741. The molecular weight excluding hydrogens is 352 g/mol. The van der Waals surface area contributed by atoms with Crippen molar-refractivity contribution in [2.45, 2.75) is 0 Å². The van der Waals surface area contributed by atoms with E-state index < -0.39 is 0 Å². The van der Waals surface area contributed by atoms with E-state index in [-0.39, 0.29) is 0 Å². The highest BCUT2D eigenvalue weighted by molar-refractivity contribution is 9.10. The Balaban J connectivity index is 1.82. The molecule has 0 radical (unpaired) electrons. The zero-order valence-electron chi connectivity index (χ0n) is 12.7. The molecule has 3 rings (SSSR count). The Labute approximate surface area is 144 Å². The van der Waals surface area contributed by atoms with Crippen LogP contribution in [0.5, 0.6) is 0 Å². The average molecular weight is 369 g/mol. The van der Waals surface area contributed by atoms with E-state index in [1.807, 2.05) is 30.3 Å². The number of ether oxygens (including phenoxy) is 1. The summed E-state index contributed by atoms with van der Waals surface area (Å²) >= 11 is 3.45. The number of rotatable bonds is 3. The minimum atomic E-state index is 0.658. The summed E-state index contributed by atoms with van der Waals surface area (Å²) in [5.41, 5.74) is 3.80. The van der Waals surface area contributed by atoms with Crippen molar-refractivity contribution in [1.82, 2.24) is 0 Å². The monoisotopic (exact) mass is 368 g/mol. The first kappa shape index (κ1) is 15.8. The summed E-state index contributed by atoms with van der Waals surface area (Å²) < 4.78 is 6.35. The van der Waals surface area contributed by atoms with Crippen molar-refractivity contribution in [3.63, 3.8) is 0 Å². The maximum absolute atomic E-state index is 9.43. The number of allylic oxidation sites excluding steroid dienone is 1. The average Bonchev–Trinajstić information content (AvgIpc) is 2.61. The molecule has 2 aromatic rings. The predicted molar refractivity (Wildman–Crippen MR) is 97.1 cm³/mol. The largest absolute Gasteiger partial charge is 0.378 e. The van der Waals surface area contributed by atoms with Crippen molar-refractivity contribution < 1.29 is 4.74 Å². The minimum absolute atomic E-state index is 0.658. The second kappa shape index (κ2) is 7.45. The van der Waals surface area contributed by atoms with Crippen LogP contribution in [-0.2, 0) is 4.74 Å². The molecule has 1 heterocycles. The molecule has 0 N–H and O–H groups in total. The molecule has 3 nitrogen and oxygen atoms in total. The summed E-state index contributed by atoms with van der Waals surface area (Å²) in [4.78, 5) is 2.32. The lowest BCUT2D eigenvalue weighted by Gasteiger charge is -2.28. The molecule has 4 heteroatoms. The van der Waals surface area contributed by atoms with Crippen LogP contribution in [0.3, 0.4) is 0 Å². The number of anilines is 1. The van der Waals surface area contributed by atoms with E-state index in [2.05, 4.69) is 51.2 Å². The van der Waals surface area contributed by atoms with Gasteiger partial charge in [0.2, 0.25) is 0 Å². The Hall–Kier alpha value is -2.09. The van der Waals surface area contributed by atoms with Crippen molar-refractivity contribution in [3.8, 4) is 6.07 Å². The van der Waals surface area contributed by atoms with Crippen LogP contribution in [0, 0.1) is 11.3 Å². The van der Waals surface area contributed by atoms with Crippen LogP contribution < -0.4 is 4.90 Å². The molecule has 23 heavy (non-hydrogen) atoms. The maximum atomic E-state index is 9.43. The van der Waals surface area contributed by atoms with Crippen LogP contribution in [0.2, 0.25) is 0 Å². The Kier molecular flexibility index (Phi) is 5.12. The van der Waals surface area contributed by atoms with Gasteiger partial charge in [0.25, 0.3) is 0 Å². The fourth-order valence-corrected chi connectivity index (χ4v) is 3.00. The summed E-state index contributed by atoms with van der Waals surface area (Å²) in [5.74, 6) is 0. The minimum Gasteiger partial charge on any atom is -0.378 e. The van der Waals surface area contributed by atoms with Crippen molar-refractivity contribution in [1.29, 1.82) is 5.26 Å². The van der Waals surface area contributed by atoms with Gasteiger partial charge in [0, 0.05) is 23.2 Å². The van der Waals surface area contributed by atoms with E-state index >= 15 is 0 Å². The molecule has 2 aromatic carbocycles. The highest BCUT2D eigenvalue weighted by Crippen LogP contribution is 2.23. The van der Waals surface area contributed by atoms with Crippen LogP contribution in [-0.4, -0.2) is 26.3 Å². The van der Waals surface area contributed by atoms with Gasteiger partial charge in [-0.25, -0.2) is 0 Å². The molecule has 1 aliphatic rings. The van der Waals surface area contributed by atoms with Crippen LogP contribution in [0.15, 0.2) is 53.0 Å². The van der Waals surface area contributed by atoms with Gasteiger partial charge in [-0.1, -0.05) is 40.2 Å². The lowest BCUT2D eigenvalue weighted by atomic mass is 10.0. The van der Waals surface area contributed by atoms with Crippen molar-refractivity contribution >= 4 is 33.3 Å². The lowest BCUT2D eigenvalue weighted by molar-refractivity contribution is 0.122. The number of nitriles is 1. The Morgan fingerprint density at radius 2 is 1.87 bits per heavy atom. The summed E-state index contributed by atoms with van der Waals surface area (Å²) in [7, 11) is 0. The first-order valence-corrected chi connectivity index (χ1v) is 8.36. The van der Waals surface area contributed by atoms with E-state index in [0.29, 0.717) is 5.57 Å². The van der Waals surface area contributed by atoms with Gasteiger partial charge in [0.05, 0.1) is 24.9 Å². The van der Waals surface area contributed by atoms with Crippen LogP contribution >= 0.6 is 15.9 Å². The third kappa shape index (κ3) is 4.01. The SMILES string of the molecule is N#C/C(=C/c1ccc(N2CCOCC2)cc1)c1cccc(Br)c1. The van der Waals surface area contributed by atoms with Crippen LogP contribution in [0.1, 0.15) is 11.1 Å². The third-order valence-electron chi connectivity index (χ3n) is 3.84. The molecule has 0 unspecified atom stereocenters. The van der Waals surface area contributed by atoms with E-state index in [1.165, 1.54) is 5.69 Å². The normalized spacial score (nSPS) is 15.3. The quantitative estimate of drug-likeness (QED) is 0.596. The number of nitrogens with zero attached hydrogens (tertiary/aromatic N) is 2. The van der Waals surface area contributed by atoms with Crippen LogP contribution in [0.4, 0.5) is 5.69 Å². The zero-order valence-corrected chi connectivity index (χ0v) is 14.3. The topological polar surface area (TPSA) is 36.3 Å². The van der Waals surface area contributed by atoms with Gasteiger partial charge in [-0.15, -0.1) is 0 Å². The molecule has 1 fully saturated rings. The van der Waals surface area contributed by atoms with Gasteiger partial charge in [0.1, 0.15) is 0 Å². The summed E-state index contributed by atoms with van der Waals surface area (Å²) in [6.45, 7) is 3.42. The highest BCUT2D eigenvalue weighted by atomic mass is 79.9. The van der Waals surface area contributed by atoms with Gasteiger partial charge < -0.3 is 9.64 Å². The first-order chi connectivity index (χ1) is 11.3. The highest BCUT2D eigenvalue weighted by Gasteiger charge is 2.10. The fraction of sp³-hybridized carbons (Fsp3) is 0.211. The van der Waals surface area contributed by atoms with Gasteiger partial charge >= 0.3 is 0 Å². The smallest absolute Gasteiger partial charge is 0.0998 e. The maximum Gasteiger partial charge on any atom is 0.0998 e. The fourth-order valence-electron chi connectivity index (χ4n) is 2.61. The molecule has 0 spiro atoms. The third-order valence-corrected chi connectivity index (χ3v) is 4.33. The second-order valence-corrected chi connectivity index (χ2v) is 6.29. The lowest BCUT2D eigenvalue weighted by Crippen LogP contribution is -2.36. The van der Waals surface area contributed by atoms with Crippen molar-refractivity contribution in [2.75, 3.05) is 31.2 Å². The standard InChI is InChI=1S/C19H17BrN2O/c20-18-3-1-2-16(13-18)17(14-21)12-15-4-6-19(7-5-15)22-8-10-23-11-9-22/h1-7,12-13H,8-11H2/b17-12-. The van der Waals surface area contributed by atoms with E-state index in [4.69, 9.17) is 4.74 Å². The molecular formula is C19H17BrN2O. The van der Waals surface area contributed by atoms with Crippen LogP contribution in [0.25, 0.3) is 11.6 Å². The van der Waals surface area contributed by atoms with Crippen molar-refractivity contribution in [2.24, 2.45) is 0 Å². The van der Waals surface area contributed by atoms with Gasteiger partial charge in [-0.05, 0) is 41.5 Å². The molecule has 0 bridgehead atoms. The number of benzene rings is 2. The first-order valence-electron chi connectivity index (χ1n) is 7.57. The molecule has 1 aliphatic heterocycles. The number of halogens is 1. The summed E-state index contributed by atoms with van der Waals surface area (Å²) in [6.07, 6.45) is 1.92. The van der Waals surface area contributed by atoms with Gasteiger partial charge in [0.15, 0.2) is 0 Å². The molecule has 0 aliphatic carbocycles. The molecule has 0 saturated carbocycles. The molecule has 0 amide bonds. The Morgan fingerprint density at radius 1 is 1.13 bits per heavy atom. The number of hydrogen-bond acceptors (Lipinski definition) is 3. The number of morpholine rings is 1. The zero-order chi connectivity index (χ0) is 16.1. The Morgan fingerprint density at radius 3 is 2.52 bits per heavy atom. The second-order valence-electron chi connectivity index (χ2n) is 5.37. The summed E-state index contributed by atoms with van der Waals surface area (Å²) in [6, 6.07) is 18.4. The van der Waals surface area contributed by atoms with Gasteiger partial charge in [-0.3, -0.25) is 0 Å². The molecule has 1 saturated heterocycles. The van der Waals surface area contributed by atoms with E-state index in [0.717, 1.165) is 41.9 Å².